The average molecular weight is 278 g/mol. The van der Waals surface area contributed by atoms with Crippen molar-refractivity contribution in [1.29, 1.82) is 0 Å². The summed E-state index contributed by atoms with van der Waals surface area (Å²) in [5, 5.41) is 3.18. The van der Waals surface area contributed by atoms with Crippen molar-refractivity contribution in [3.63, 3.8) is 0 Å². The number of amides is 1. The number of anilines is 1. The van der Waals surface area contributed by atoms with Crippen molar-refractivity contribution in [3.05, 3.63) is 22.7 Å². The molecule has 20 heavy (non-hydrogen) atoms. The van der Waals surface area contributed by atoms with Gasteiger partial charge in [-0.2, -0.15) is 0 Å². The van der Waals surface area contributed by atoms with Crippen LogP contribution in [0.5, 0.6) is 0 Å². The van der Waals surface area contributed by atoms with Crippen LogP contribution >= 0.6 is 0 Å². The number of nitrogens with zero attached hydrogens (tertiary/aromatic N) is 3. The number of hydrogen-bond acceptors (Lipinski definition) is 4. The first-order valence-corrected chi connectivity index (χ1v) is 7.03. The van der Waals surface area contributed by atoms with Crippen LogP contribution in [-0.2, 0) is 11.3 Å². The highest BCUT2D eigenvalue weighted by Crippen LogP contribution is 2.12. The van der Waals surface area contributed by atoms with E-state index in [2.05, 4.69) is 24.1 Å². The second-order valence-electron chi connectivity index (χ2n) is 5.78. The zero-order valence-corrected chi connectivity index (χ0v) is 12.3. The molecule has 2 heterocycles. The standard InChI is InChI=1S/C14H22N4O2/c1-10(2)8-18-7-6-15-13(14(18)20)16-11-4-5-12(19)17(3)9-11/h6-7,10-11H,4-5,8-9H2,1-3H3,(H,15,16). The van der Waals surface area contributed by atoms with E-state index in [9.17, 15) is 9.59 Å². The van der Waals surface area contributed by atoms with Gasteiger partial charge in [0, 0.05) is 45.0 Å². The molecule has 1 aliphatic heterocycles. The Morgan fingerprint density at radius 3 is 2.85 bits per heavy atom. The molecule has 2 rings (SSSR count). The molecule has 0 aliphatic carbocycles. The molecule has 110 valence electrons. The van der Waals surface area contributed by atoms with Gasteiger partial charge in [0.1, 0.15) is 0 Å². The summed E-state index contributed by atoms with van der Waals surface area (Å²) in [5.41, 5.74) is -0.0965. The van der Waals surface area contributed by atoms with Gasteiger partial charge in [-0.3, -0.25) is 9.59 Å². The highest BCUT2D eigenvalue weighted by atomic mass is 16.2. The van der Waals surface area contributed by atoms with Crippen LogP contribution in [0.1, 0.15) is 26.7 Å². The minimum atomic E-state index is -0.0965. The number of rotatable bonds is 4. The van der Waals surface area contributed by atoms with Gasteiger partial charge in [-0.15, -0.1) is 0 Å². The number of aromatic nitrogens is 2. The van der Waals surface area contributed by atoms with E-state index in [0.717, 1.165) is 6.42 Å². The Balaban J connectivity index is 2.10. The minimum Gasteiger partial charge on any atom is -0.361 e. The zero-order chi connectivity index (χ0) is 14.7. The van der Waals surface area contributed by atoms with Crippen LogP contribution in [0.2, 0.25) is 0 Å². The van der Waals surface area contributed by atoms with Crippen LogP contribution in [0.15, 0.2) is 17.2 Å². The minimum absolute atomic E-state index is 0.0906. The van der Waals surface area contributed by atoms with Crippen LogP contribution in [0.25, 0.3) is 0 Å². The first-order chi connectivity index (χ1) is 9.47. The maximum absolute atomic E-state index is 12.3. The number of carbonyl (C=O) groups excluding carboxylic acids is 1. The second-order valence-corrected chi connectivity index (χ2v) is 5.78. The van der Waals surface area contributed by atoms with Crippen LogP contribution in [0.4, 0.5) is 5.82 Å². The molecule has 1 fully saturated rings. The van der Waals surface area contributed by atoms with Crippen LogP contribution < -0.4 is 10.9 Å². The highest BCUT2D eigenvalue weighted by molar-refractivity contribution is 5.76. The molecule has 0 bridgehead atoms. The molecule has 1 aromatic rings. The lowest BCUT2D eigenvalue weighted by atomic mass is 10.1. The van der Waals surface area contributed by atoms with Gasteiger partial charge in [-0.05, 0) is 12.3 Å². The summed E-state index contributed by atoms with van der Waals surface area (Å²) in [6.45, 7) is 5.43. The van der Waals surface area contributed by atoms with E-state index in [4.69, 9.17) is 0 Å². The predicted octanol–water partition coefficient (Wildman–Crippen LogP) is 0.932. The molecule has 0 saturated carbocycles. The Morgan fingerprint density at radius 2 is 2.20 bits per heavy atom. The number of piperidine rings is 1. The van der Waals surface area contributed by atoms with Gasteiger partial charge >= 0.3 is 0 Å². The van der Waals surface area contributed by atoms with Crippen molar-refractivity contribution in [2.24, 2.45) is 5.92 Å². The summed E-state index contributed by atoms with van der Waals surface area (Å²) in [6.07, 6.45) is 4.61. The van der Waals surface area contributed by atoms with E-state index in [1.54, 1.807) is 28.9 Å². The summed E-state index contributed by atoms with van der Waals surface area (Å²) >= 11 is 0. The van der Waals surface area contributed by atoms with E-state index in [1.807, 2.05) is 0 Å². The van der Waals surface area contributed by atoms with E-state index in [1.165, 1.54) is 0 Å². The van der Waals surface area contributed by atoms with E-state index in [-0.39, 0.29) is 17.5 Å². The molecule has 1 atom stereocenters. The first kappa shape index (κ1) is 14.6. The fourth-order valence-corrected chi connectivity index (χ4v) is 2.41. The monoisotopic (exact) mass is 278 g/mol. The number of likely N-dealkylation sites (tertiary alicyclic amines) is 1. The van der Waals surface area contributed by atoms with Gasteiger partial charge < -0.3 is 14.8 Å². The van der Waals surface area contributed by atoms with Gasteiger partial charge in [0.15, 0.2) is 5.82 Å². The van der Waals surface area contributed by atoms with Crippen molar-refractivity contribution < 1.29 is 4.79 Å². The molecule has 6 heteroatoms. The predicted molar refractivity (Wildman–Crippen MR) is 77.6 cm³/mol. The molecule has 1 N–H and O–H groups in total. The number of likely N-dealkylation sites (N-methyl/N-ethyl adjacent to an activating group) is 1. The number of carbonyl (C=O) groups is 1. The van der Waals surface area contributed by atoms with E-state index < -0.39 is 0 Å². The lowest BCUT2D eigenvalue weighted by molar-refractivity contribution is -0.132. The topological polar surface area (TPSA) is 67.2 Å². The molecule has 1 aliphatic rings. The largest absolute Gasteiger partial charge is 0.361 e. The van der Waals surface area contributed by atoms with Crippen LogP contribution in [-0.4, -0.2) is 40.0 Å². The maximum atomic E-state index is 12.3. The third-order valence-electron chi connectivity index (χ3n) is 3.44. The lowest BCUT2D eigenvalue weighted by Gasteiger charge is -2.30. The molecule has 1 unspecified atom stereocenters. The lowest BCUT2D eigenvalue weighted by Crippen LogP contribution is -2.44. The van der Waals surface area contributed by atoms with E-state index in [0.29, 0.717) is 31.2 Å². The molecule has 0 aromatic carbocycles. The first-order valence-electron chi connectivity index (χ1n) is 7.03. The Hall–Kier alpha value is -1.85. The van der Waals surface area contributed by atoms with Gasteiger partial charge in [0.05, 0.1) is 0 Å². The molecule has 0 spiro atoms. The third kappa shape index (κ3) is 3.37. The van der Waals surface area contributed by atoms with Crippen LogP contribution in [0, 0.1) is 5.92 Å². The summed E-state index contributed by atoms with van der Waals surface area (Å²) in [7, 11) is 1.78. The average Bonchev–Trinajstić information content (AvgIpc) is 2.38. The van der Waals surface area contributed by atoms with Gasteiger partial charge in [-0.25, -0.2) is 4.98 Å². The Kier molecular flexibility index (Phi) is 4.42. The molecule has 1 aromatic heterocycles. The summed E-state index contributed by atoms with van der Waals surface area (Å²) in [4.78, 5) is 29.6. The highest BCUT2D eigenvalue weighted by Gasteiger charge is 2.23. The van der Waals surface area contributed by atoms with Gasteiger partial charge in [0.25, 0.3) is 5.56 Å². The molecule has 0 radical (unpaired) electrons. The summed E-state index contributed by atoms with van der Waals surface area (Å²) in [5.74, 6) is 0.934. The molecule has 1 amide bonds. The second kappa shape index (κ2) is 6.07. The quantitative estimate of drug-likeness (QED) is 0.890. The van der Waals surface area contributed by atoms with Crippen molar-refractivity contribution in [1.82, 2.24) is 14.5 Å². The van der Waals surface area contributed by atoms with Gasteiger partial charge in [-0.1, -0.05) is 13.8 Å². The third-order valence-corrected chi connectivity index (χ3v) is 3.44. The Labute approximate surface area is 118 Å². The van der Waals surface area contributed by atoms with E-state index >= 15 is 0 Å². The Bertz CT molecular complexity index is 538. The maximum Gasteiger partial charge on any atom is 0.293 e. The number of nitrogens with one attached hydrogen (secondary N) is 1. The zero-order valence-electron chi connectivity index (χ0n) is 12.3. The van der Waals surface area contributed by atoms with Gasteiger partial charge in [0.2, 0.25) is 5.91 Å². The van der Waals surface area contributed by atoms with Crippen molar-refractivity contribution in [2.75, 3.05) is 18.9 Å². The molecule has 6 nitrogen and oxygen atoms in total. The molecule has 1 saturated heterocycles. The SMILES string of the molecule is CC(C)Cn1ccnc(NC2CCC(=O)N(C)C2)c1=O. The van der Waals surface area contributed by atoms with Crippen molar-refractivity contribution >= 4 is 11.7 Å². The summed E-state index contributed by atoms with van der Waals surface area (Å²) < 4.78 is 1.68. The normalized spacial score (nSPS) is 19.5. The fraction of sp³-hybridized carbons (Fsp3) is 0.643. The summed E-state index contributed by atoms with van der Waals surface area (Å²) in [6, 6.07) is 0.0906. The van der Waals surface area contributed by atoms with Crippen molar-refractivity contribution in [3.8, 4) is 0 Å². The smallest absolute Gasteiger partial charge is 0.293 e. The van der Waals surface area contributed by atoms with Crippen LogP contribution in [0.3, 0.4) is 0 Å². The molecular formula is C14H22N4O2. The molecular weight excluding hydrogens is 256 g/mol. The fourth-order valence-electron chi connectivity index (χ4n) is 2.41. The van der Waals surface area contributed by atoms with Crippen molar-refractivity contribution in [2.45, 2.75) is 39.3 Å². The Morgan fingerprint density at radius 1 is 1.45 bits per heavy atom. The number of hydrogen-bond donors (Lipinski definition) is 1.